The lowest BCUT2D eigenvalue weighted by atomic mass is 9.77. The van der Waals surface area contributed by atoms with Crippen molar-refractivity contribution in [2.45, 2.75) is 19.4 Å². The molecule has 5 heterocycles. The summed E-state index contributed by atoms with van der Waals surface area (Å²) in [7, 11) is 2.06. The Bertz CT molecular complexity index is 1010. The summed E-state index contributed by atoms with van der Waals surface area (Å²) in [4.78, 5) is 25.2. The minimum absolute atomic E-state index is 0.0506. The van der Waals surface area contributed by atoms with Crippen molar-refractivity contribution in [3.05, 3.63) is 47.9 Å². The minimum atomic E-state index is -0.0775. The lowest BCUT2D eigenvalue weighted by Crippen LogP contribution is -2.59. The number of hydrogen-bond donors (Lipinski definition) is 0. The van der Waals surface area contributed by atoms with E-state index in [1.165, 1.54) is 0 Å². The van der Waals surface area contributed by atoms with Crippen molar-refractivity contribution < 1.29 is 13.8 Å². The number of nitrogens with zero attached hydrogens (tertiary/aromatic N) is 6. The van der Waals surface area contributed by atoms with Crippen LogP contribution in [0.25, 0.3) is 11.4 Å². The Hall–Kier alpha value is -3.07. The maximum Gasteiger partial charge on any atom is 0.276 e. The predicted octanol–water partition coefficient (Wildman–Crippen LogP) is 1.95. The van der Waals surface area contributed by atoms with Gasteiger partial charge in [0.1, 0.15) is 5.76 Å². The maximum absolute atomic E-state index is 12.5. The van der Waals surface area contributed by atoms with Crippen molar-refractivity contribution in [1.82, 2.24) is 30.1 Å². The largest absolute Gasteiger partial charge is 0.361 e. The van der Waals surface area contributed by atoms with Crippen LogP contribution in [0.1, 0.15) is 34.6 Å². The van der Waals surface area contributed by atoms with Gasteiger partial charge in [0.2, 0.25) is 11.7 Å². The summed E-state index contributed by atoms with van der Waals surface area (Å²) >= 11 is 0. The Balaban J connectivity index is 1.28. The highest BCUT2D eigenvalue weighted by molar-refractivity contribution is 5.92. The third-order valence-electron chi connectivity index (χ3n) is 5.60. The minimum Gasteiger partial charge on any atom is -0.361 e. The fourth-order valence-corrected chi connectivity index (χ4v) is 4.30. The molecule has 3 aromatic heterocycles. The summed E-state index contributed by atoms with van der Waals surface area (Å²) in [5, 5.41) is 7.95. The summed E-state index contributed by atoms with van der Waals surface area (Å²) < 4.78 is 10.6. The second kappa shape index (κ2) is 6.23. The standard InChI is InChI=1S/C19H20N6O3/c1-12-7-14(22-27-12)18(26)25-10-19(11-25)8-15(24(2)9-19)17-21-16(23-28-17)13-3-5-20-6-4-13/h3-7,15H,8-11H2,1-2H3. The molecule has 0 bridgehead atoms. The highest BCUT2D eigenvalue weighted by atomic mass is 16.5. The second-order valence-corrected chi connectivity index (χ2v) is 7.81. The van der Waals surface area contributed by atoms with Gasteiger partial charge in [-0.3, -0.25) is 14.7 Å². The van der Waals surface area contributed by atoms with Gasteiger partial charge in [-0.15, -0.1) is 0 Å². The maximum atomic E-state index is 12.5. The predicted molar refractivity (Wildman–Crippen MR) is 97.1 cm³/mol. The Morgan fingerprint density at radius 2 is 1.96 bits per heavy atom. The van der Waals surface area contributed by atoms with Crippen LogP contribution >= 0.6 is 0 Å². The van der Waals surface area contributed by atoms with Gasteiger partial charge in [0.05, 0.1) is 6.04 Å². The van der Waals surface area contributed by atoms with E-state index in [9.17, 15) is 4.79 Å². The Morgan fingerprint density at radius 3 is 2.68 bits per heavy atom. The van der Waals surface area contributed by atoms with Crippen LogP contribution in [-0.2, 0) is 0 Å². The SMILES string of the molecule is Cc1cc(C(=O)N2CC3(CC(c4nc(-c5ccncc5)no4)N(C)C3)C2)no1. The molecule has 1 atom stereocenters. The van der Waals surface area contributed by atoms with Gasteiger partial charge in [0.15, 0.2) is 5.69 Å². The molecule has 1 spiro atoms. The normalized spacial score (nSPS) is 21.2. The van der Waals surface area contributed by atoms with Crippen LogP contribution in [0.15, 0.2) is 39.6 Å². The van der Waals surface area contributed by atoms with Crippen molar-refractivity contribution >= 4 is 5.91 Å². The highest BCUT2D eigenvalue weighted by Crippen LogP contribution is 2.47. The van der Waals surface area contributed by atoms with Crippen LogP contribution in [0.4, 0.5) is 0 Å². The van der Waals surface area contributed by atoms with E-state index in [0.717, 1.165) is 18.5 Å². The zero-order valence-corrected chi connectivity index (χ0v) is 15.7. The molecule has 144 valence electrons. The molecule has 0 N–H and O–H groups in total. The van der Waals surface area contributed by atoms with Crippen LogP contribution in [0.5, 0.6) is 0 Å². The molecule has 2 fully saturated rings. The molecule has 0 saturated carbocycles. The van der Waals surface area contributed by atoms with Gasteiger partial charge in [0, 0.05) is 49.1 Å². The van der Waals surface area contributed by atoms with E-state index >= 15 is 0 Å². The molecule has 3 aromatic rings. The summed E-state index contributed by atoms with van der Waals surface area (Å²) in [6.07, 6.45) is 4.29. The number of carbonyl (C=O) groups excluding carboxylic acids is 1. The van der Waals surface area contributed by atoms with Gasteiger partial charge in [0.25, 0.3) is 5.91 Å². The molecule has 9 nitrogen and oxygen atoms in total. The first-order chi connectivity index (χ1) is 13.5. The number of likely N-dealkylation sites (tertiary alicyclic amines) is 2. The second-order valence-electron chi connectivity index (χ2n) is 7.81. The van der Waals surface area contributed by atoms with Gasteiger partial charge in [-0.05, 0) is 32.5 Å². The highest BCUT2D eigenvalue weighted by Gasteiger charge is 2.53. The summed E-state index contributed by atoms with van der Waals surface area (Å²) in [6, 6.07) is 5.44. The van der Waals surface area contributed by atoms with Crippen LogP contribution in [-0.4, -0.2) is 62.7 Å². The van der Waals surface area contributed by atoms with Gasteiger partial charge < -0.3 is 13.9 Å². The Kier molecular flexibility index (Phi) is 3.80. The molecule has 28 heavy (non-hydrogen) atoms. The number of carbonyl (C=O) groups is 1. The average Bonchev–Trinajstić information content (AvgIpc) is 3.39. The fraction of sp³-hybridized carbons (Fsp3) is 0.421. The Morgan fingerprint density at radius 1 is 1.18 bits per heavy atom. The molecule has 1 amide bonds. The molecule has 2 saturated heterocycles. The van der Waals surface area contributed by atoms with Crippen molar-refractivity contribution in [3.8, 4) is 11.4 Å². The van der Waals surface area contributed by atoms with Crippen LogP contribution in [0.3, 0.4) is 0 Å². The van der Waals surface area contributed by atoms with E-state index in [0.29, 0.717) is 36.3 Å². The quantitative estimate of drug-likeness (QED) is 0.679. The number of pyridine rings is 1. The van der Waals surface area contributed by atoms with Crippen LogP contribution in [0.2, 0.25) is 0 Å². The van der Waals surface area contributed by atoms with Gasteiger partial charge >= 0.3 is 0 Å². The zero-order valence-electron chi connectivity index (χ0n) is 15.7. The molecule has 0 aliphatic carbocycles. The number of hydrogen-bond acceptors (Lipinski definition) is 8. The van der Waals surface area contributed by atoms with E-state index in [1.54, 1.807) is 25.4 Å². The van der Waals surface area contributed by atoms with E-state index < -0.39 is 0 Å². The van der Waals surface area contributed by atoms with E-state index in [-0.39, 0.29) is 17.4 Å². The van der Waals surface area contributed by atoms with Crippen molar-refractivity contribution in [2.24, 2.45) is 5.41 Å². The molecule has 5 rings (SSSR count). The Labute approximate surface area is 161 Å². The monoisotopic (exact) mass is 380 g/mol. The summed E-state index contributed by atoms with van der Waals surface area (Å²) in [6.45, 7) is 4.06. The summed E-state index contributed by atoms with van der Waals surface area (Å²) in [5.74, 6) is 1.74. The number of rotatable bonds is 3. The fourth-order valence-electron chi connectivity index (χ4n) is 4.30. The van der Waals surface area contributed by atoms with Crippen molar-refractivity contribution in [2.75, 3.05) is 26.7 Å². The number of aromatic nitrogens is 4. The topological polar surface area (TPSA) is 101 Å². The molecule has 2 aliphatic heterocycles. The average molecular weight is 380 g/mol. The smallest absolute Gasteiger partial charge is 0.276 e. The molecule has 1 unspecified atom stereocenters. The third kappa shape index (κ3) is 2.78. The molecule has 9 heteroatoms. The van der Waals surface area contributed by atoms with Crippen LogP contribution < -0.4 is 0 Å². The van der Waals surface area contributed by atoms with Crippen molar-refractivity contribution in [1.29, 1.82) is 0 Å². The van der Waals surface area contributed by atoms with E-state index in [1.807, 2.05) is 17.0 Å². The first kappa shape index (κ1) is 17.1. The first-order valence-corrected chi connectivity index (χ1v) is 9.20. The van der Waals surface area contributed by atoms with Gasteiger partial charge in [-0.2, -0.15) is 4.98 Å². The molecule has 0 radical (unpaired) electrons. The number of aryl methyl sites for hydroxylation is 1. The molecular weight excluding hydrogens is 360 g/mol. The lowest BCUT2D eigenvalue weighted by molar-refractivity contribution is 0.0107. The molecular formula is C19H20N6O3. The summed E-state index contributed by atoms with van der Waals surface area (Å²) in [5.41, 5.74) is 1.30. The third-order valence-corrected chi connectivity index (χ3v) is 5.60. The zero-order chi connectivity index (χ0) is 19.3. The number of amides is 1. The van der Waals surface area contributed by atoms with E-state index in [4.69, 9.17) is 9.05 Å². The molecule has 2 aliphatic rings. The van der Waals surface area contributed by atoms with E-state index in [2.05, 4.69) is 32.2 Å². The van der Waals surface area contributed by atoms with Crippen molar-refractivity contribution in [3.63, 3.8) is 0 Å². The van der Waals surface area contributed by atoms with Crippen LogP contribution in [0, 0.1) is 12.3 Å². The molecule has 0 aromatic carbocycles. The van der Waals surface area contributed by atoms with Gasteiger partial charge in [-0.25, -0.2) is 0 Å². The lowest BCUT2D eigenvalue weighted by Gasteiger charge is -2.47. The first-order valence-electron chi connectivity index (χ1n) is 9.20. The van der Waals surface area contributed by atoms with Gasteiger partial charge in [-0.1, -0.05) is 10.3 Å².